The molecule has 4 nitrogen and oxygen atoms in total. The molecule has 0 aliphatic rings. The Morgan fingerprint density at radius 3 is 2.69 bits per heavy atom. The van der Waals surface area contributed by atoms with Crippen molar-refractivity contribution in [2.24, 2.45) is 0 Å². The zero-order chi connectivity index (χ0) is 11.4. The number of hydrogen-bond acceptors (Lipinski definition) is 3. The van der Waals surface area contributed by atoms with Crippen molar-refractivity contribution in [3.05, 3.63) is 46.8 Å². The smallest absolute Gasteiger partial charge is 0.230 e. The summed E-state index contributed by atoms with van der Waals surface area (Å²) in [6.07, 6.45) is 1.66. The summed E-state index contributed by atoms with van der Waals surface area (Å²) in [6.45, 7) is 0. The Hall–Kier alpha value is -1.62. The van der Waals surface area contributed by atoms with Crippen molar-refractivity contribution in [1.82, 2.24) is 5.16 Å². The Labute approximate surface area is 101 Å². The summed E-state index contributed by atoms with van der Waals surface area (Å²) in [4.78, 5) is 11.6. The third-order valence-electron chi connectivity index (χ3n) is 1.96. The first-order chi connectivity index (χ1) is 7.74. The van der Waals surface area contributed by atoms with Crippen molar-refractivity contribution in [3.63, 3.8) is 0 Å². The highest BCUT2D eigenvalue weighted by Crippen LogP contribution is 2.14. The van der Waals surface area contributed by atoms with Crippen LogP contribution in [-0.4, -0.2) is 11.1 Å². The highest BCUT2D eigenvalue weighted by molar-refractivity contribution is 9.10. The molecule has 2 aromatic rings. The molecule has 0 fully saturated rings. The molecule has 0 aliphatic heterocycles. The zero-order valence-electron chi connectivity index (χ0n) is 8.31. The van der Waals surface area contributed by atoms with E-state index < -0.39 is 0 Å². The molecule has 0 aliphatic carbocycles. The van der Waals surface area contributed by atoms with Gasteiger partial charge in [-0.2, -0.15) is 0 Å². The second-order valence-corrected chi connectivity index (χ2v) is 4.14. The number of anilines is 1. The lowest BCUT2D eigenvalue weighted by Gasteiger charge is -2.03. The van der Waals surface area contributed by atoms with E-state index in [-0.39, 0.29) is 12.3 Å². The van der Waals surface area contributed by atoms with E-state index in [1.54, 1.807) is 6.07 Å². The third-order valence-corrected chi connectivity index (χ3v) is 2.49. The van der Waals surface area contributed by atoms with Crippen molar-refractivity contribution in [1.29, 1.82) is 0 Å². The first kappa shape index (κ1) is 10.9. The van der Waals surface area contributed by atoms with Gasteiger partial charge >= 0.3 is 0 Å². The van der Waals surface area contributed by atoms with Crippen molar-refractivity contribution >= 4 is 27.5 Å². The summed E-state index contributed by atoms with van der Waals surface area (Å²) in [5, 5.41) is 6.43. The molecule has 2 rings (SSSR count). The standard InChI is InChI=1S/C11H9BrN2O2/c12-8-1-3-9(4-2-8)13-11(15)7-10-5-6-16-14-10/h1-6H,7H2,(H,13,15). The Morgan fingerprint density at radius 2 is 2.06 bits per heavy atom. The van der Waals surface area contributed by atoms with Gasteiger partial charge in [0, 0.05) is 16.2 Å². The van der Waals surface area contributed by atoms with Crippen LogP contribution >= 0.6 is 15.9 Å². The summed E-state index contributed by atoms with van der Waals surface area (Å²) >= 11 is 3.33. The fraction of sp³-hybridized carbons (Fsp3) is 0.0909. The minimum atomic E-state index is -0.115. The molecule has 5 heteroatoms. The second kappa shape index (κ2) is 4.94. The van der Waals surface area contributed by atoms with Crippen molar-refractivity contribution in [2.75, 3.05) is 5.32 Å². The number of carbonyl (C=O) groups excluding carboxylic acids is 1. The van der Waals surface area contributed by atoms with Crippen molar-refractivity contribution in [2.45, 2.75) is 6.42 Å². The molecule has 1 aromatic heterocycles. The van der Waals surface area contributed by atoms with E-state index in [4.69, 9.17) is 0 Å². The molecular formula is C11H9BrN2O2. The number of amides is 1. The molecule has 1 heterocycles. The molecule has 0 radical (unpaired) electrons. The summed E-state index contributed by atoms with van der Waals surface area (Å²) < 4.78 is 5.62. The van der Waals surface area contributed by atoms with Gasteiger partial charge in [-0.25, -0.2) is 0 Å². The normalized spacial score (nSPS) is 10.1. The van der Waals surface area contributed by atoms with Gasteiger partial charge in [-0.15, -0.1) is 0 Å². The predicted molar refractivity (Wildman–Crippen MR) is 63.0 cm³/mol. The van der Waals surface area contributed by atoms with E-state index in [1.807, 2.05) is 24.3 Å². The first-order valence-electron chi connectivity index (χ1n) is 4.69. The number of rotatable bonds is 3. The lowest BCUT2D eigenvalue weighted by Crippen LogP contribution is -2.14. The van der Waals surface area contributed by atoms with Gasteiger partial charge < -0.3 is 9.84 Å². The quantitative estimate of drug-likeness (QED) is 0.940. The molecule has 0 bridgehead atoms. The Kier molecular flexibility index (Phi) is 3.36. The maximum atomic E-state index is 11.6. The van der Waals surface area contributed by atoms with Gasteiger partial charge in [0.25, 0.3) is 0 Å². The van der Waals surface area contributed by atoms with Crippen LogP contribution in [0.25, 0.3) is 0 Å². The number of hydrogen-bond donors (Lipinski definition) is 1. The summed E-state index contributed by atoms with van der Waals surface area (Å²) in [7, 11) is 0. The molecule has 0 unspecified atom stereocenters. The number of aromatic nitrogens is 1. The largest absolute Gasteiger partial charge is 0.364 e. The Morgan fingerprint density at radius 1 is 1.31 bits per heavy atom. The van der Waals surface area contributed by atoms with Crippen LogP contribution in [0.3, 0.4) is 0 Å². The average molecular weight is 281 g/mol. The summed E-state index contributed by atoms with van der Waals surface area (Å²) in [5.41, 5.74) is 1.38. The first-order valence-corrected chi connectivity index (χ1v) is 5.48. The van der Waals surface area contributed by atoms with E-state index in [9.17, 15) is 4.79 Å². The lowest BCUT2D eigenvalue weighted by atomic mass is 10.2. The van der Waals surface area contributed by atoms with E-state index in [0.29, 0.717) is 5.69 Å². The fourth-order valence-electron chi connectivity index (χ4n) is 1.23. The van der Waals surface area contributed by atoms with Crippen LogP contribution in [0.2, 0.25) is 0 Å². The zero-order valence-corrected chi connectivity index (χ0v) is 9.90. The number of halogens is 1. The van der Waals surface area contributed by atoms with Crippen LogP contribution in [0.1, 0.15) is 5.69 Å². The molecule has 0 saturated heterocycles. The van der Waals surface area contributed by atoms with Gasteiger partial charge in [0.2, 0.25) is 5.91 Å². The monoisotopic (exact) mass is 280 g/mol. The van der Waals surface area contributed by atoms with E-state index >= 15 is 0 Å². The maximum Gasteiger partial charge on any atom is 0.230 e. The van der Waals surface area contributed by atoms with Crippen LogP contribution in [-0.2, 0) is 11.2 Å². The van der Waals surface area contributed by atoms with Gasteiger partial charge in [0.05, 0.1) is 12.1 Å². The van der Waals surface area contributed by atoms with Gasteiger partial charge in [-0.3, -0.25) is 4.79 Å². The SMILES string of the molecule is O=C(Cc1ccon1)Nc1ccc(Br)cc1. The van der Waals surface area contributed by atoms with Crippen LogP contribution in [0, 0.1) is 0 Å². The van der Waals surface area contributed by atoms with E-state index in [0.717, 1.165) is 10.2 Å². The fourth-order valence-corrected chi connectivity index (χ4v) is 1.50. The molecule has 1 N–H and O–H groups in total. The van der Waals surface area contributed by atoms with Gasteiger partial charge in [0.1, 0.15) is 6.26 Å². The average Bonchev–Trinajstić information content (AvgIpc) is 2.74. The van der Waals surface area contributed by atoms with Crippen molar-refractivity contribution in [3.8, 4) is 0 Å². The summed E-state index contributed by atoms with van der Waals surface area (Å²) in [5.74, 6) is -0.115. The van der Waals surface area contributed by atoms with Crippen LogP contribution in [0.15, 0.2) is 45.6 Å². The number of nitrogens with zero attached hydrogens (tertiary/aromatic N) is 1. The molecule has 0 spiro atoms. The van der Waals surface area contributed by atoms with Crippen LogP contribution < -0.4 is 5.32 Å². The third kappa shape index (κ3) is 2.93. The highest BCUT2D eigenvalue weighted by Gasteiger charge is 2.05. The molecule has 0 atom stereocenters. The maximum absolute atomic E-state index is 11.6. The minimum absolute atomic E-state index is 0.115. The van der Waals surface area contributed by atoms with Crippen LogP contribution in [0.4, 0.5) is 5.69 Å². The predicted octanol–water partition coefficient (Wildman–Crippen LogP) is 2.62. The van der Waals surface area contributed by atoms with Crippen molar-refractivity contribution < 1.29 is 9.32 Å². The molecule has 82 valence electrons. The van der Waals surface area contributed by atoms with Gasteiger partial charge in [-0.05, 0) is 24.3 Å². The van der Waals surface area contributed by atoms with E-state index in [1.165, 1.54) is 6.26 Å². The molecule has 1 amide bonds. The van der Waals surface area contributed by atoms with Gasteiger partial charge in [0.15, 0.2) is 0 Å². The minimum Gasteiger partial charge on any atom is -0.364 e. The lowest BCUT2D eigenvalue weighted by molar-refractivity contribution is -0.115. The molecule has 16 heavy (non-hydrogen) atoms. The Balaban J connectivity index is 1.95. The molecular weight excluding hydrogens is 272 g/mol. The van der Waals surface area contributed by atoms with Gasteiger partial charge in [-0.1, -0.05) is 21.1 Å². The second-order valence-electron chi connectivity index (χ2n) is 3.22. The van der Waals surface area contributed by atoms with E-state index in [2.05, 4.69) is 30.9 Å². The molecule has 0 saturated carbocycles. The Bertz CT molecular complexity index is 465. The van der Waals surface area contributed by atoms with Crippen LogP contribution in [0.5, 0.6) is 0 Å². The summed E-state index contributed by atoms with van der Waals surface area (Å²) in [6, 6.07) is 9.05. The highest BCUT2D eigenvalue weighted by atomic mass is 79.9. The number of benzene rings is 1. The topological polar surface area (TPSA) is 55.1 Å². The number of carbonyl (C=O) groups is 1. The number of nitrogens with one attached hydrogen (secondary N) is 1. The molecule has 1 aromatic carbocycles.